The lowest BCUT2D eigenvalue weighted by Gasteiger charge is -2.34. The van der Waals surface area contributed by atoms with Gasteiger partial charge in [0.15, 0.2) is 0 Å². The van der Waals surface area contributed by atoms with Crippen LogP contribution in [0.4, 0.5) is 0 Å². The molecular formula is C12H24N2OS. The summed E-state index contributed by atoms with van der Waals surface area (Å²) in [4.78, 5) is 3.11. The number of nitrogens with zero attached hydrogens (tertiary/aromatic N) is 1. The van der Waals surface area contributed by atoms with E-state index in [4.69, 9.17) is 22.7 Å². The van der Waals surface area contributed by atoms with Crippen LogP contribution >= 0.6 is 12.2 Å². The van der Waals surface area contributed by atoms with Crippen molar-refractivity contribution in [1.29, 1.82) is 0 Å². The molecule has 0 radical (unpaired) electrons. The topological polar surface area (TPSA) is 38.5 Å². The molecule has 0 aromatic carbocycles. The van der Waals surface area contributed by atoms with E-state index in [0.29, 0.717) is 11.0 Å². The Bertz CT molecular complexity index is 243. The summed E-state index contributed by atoms with van der Waals surface area (Å²) < 4.78 is 5.41. The molecule has 0 amide bonds. The second-order valence-electron chi connectivity index (χ2n) is 5.31. The molecule has 0 spiro atoms. The summed E-state index contributed by atoms with van der Waals surface area (Å²) in [5.74, 6) is 0. The van der Waals surface area contributed by atoms with Gasteiger partial charge in [0.25, 0.3) is 0 Å². The number of nitrogens with two attached hydrogens (primary N) is 1. The van der Waals surface area contributed by atoms with Crippen molar-refractivity contribution < 1.29 is 4.74 Å². The van der Waals surface area contributed by atoms with Crippen molar-refractivity contribution >= 4 is 17.2 Å². The van der Waals surface area contributed by atoms with Crippen molar-refractivity contribution in [2.45, 2.75) is 39.7 Å². The van der Waals surface area contributed by atoms with Crippen LogP contribution in [0.5, 0.6) is 0 Å². The van der Waals surface area contributed by atoms with E-state index in [0.717, 1.165) is 39.1 Å². The van der Waals surface area contributed by atoms with Crippen molar-refractivity contribution in [3.8, 4) is 0 Å². The van der Waals surface area contributed by atoms with Gasteiger partial charge in [-0.05, 0) is 26.3 Å². The number of hydrogen-bond donors (Lipinski definition) is 1. The Morgan fingerprint density at radius 3 is 2.81 bits per heavy atom. The molecule has 1 saturated heterocycles. The van der Waals surface area contributed by atoms with Crippen LogP contribution in [0, 0.1) is 5.41 Å². The van der Waals surface area contributed by atoms with E-state index in [1.54, 1.807) is 0 Å². The van der Waals surface area contributed by atoms with Crippen molar-refractivity contribution in [2.24, 2.45) is 11.1 Å². The fourth-order valence-corrected chi connectivity index (χ4v) is 2.04. The van der Waals surface area contributed by atoms with Crippen molar-refractivity contribution in [2.75, 3.05) is 26.3 Å². The second-order valence-corrected chi connectivity index (χ2v) is 5.75. The molecule has 4 heteroatoms. The number of thiocarbonyl (C=S) groups is 1. The van der Waals surface area contributed by atoms with Crippen molar-refractivity contribution in [3.05, 3.63) is 0 Å². The van der Waals surface area contributed by atoms with Crippen LogP contribution in [0.1, 0.15) is 33.6 Å². The zero-order chi connectivity index (χ0) is 12.2. The minimum atomic E-state index is -0.00907. The summed E-state index contributed by atoms with van der Waals surface area (Å²) in [6.45, 7) is 10.4. The average Bonchev–Trinajstić information content (AvgIpc) is 2.20. The number of rotatable bonds is 5. The predicted octanol–water partition coefficient (Wildman–Crippen LogP) is 1.80. The molecule has 1 aliphatic heterocycles. The van der Waals surface area contributed by atoms with Crippen LogP contribution in [-0.4, -0.2) is 42.2 Å². The summed E-state index contributed by atoms with van der Waals surface area (Å²) in [6, 6.07) is 0.543. The first-order valence-corrected chi connectivity index (χ1v) is 6.46. The van der Waals surface area contributed by atoms with Crippen LogP contribution in [-0.2, 0) is 4.74 Å². The standard InChI is InChI=1S/C12H24N2OS/c1-10-9-15-8-7-14(10)6-4-5-12(2,3)11(13)16/h10H,4-9H2,1-3H3,(H2,13,16). The Morgan fingerprint density at radius 1 is 1.56 bits per heavy atom. The smallest absolute Gasteiger partial charge is 0.0784 e. The lowest BCUT2D eigenvalue weighted by Crippen LogP contribution is -2.44. The van der Waals surface area contributed by atoms with E-state index >= 15 is 0 Å². The normalized spacial score (nSPS) is 23.3. The van der Waals surface area contributed by atoms with Gasteiger partial charge in [0.1, 0.15) is 0 Å². The Labute approximate surface area is 104 Å². The van der Waals surface area contributed by atoms with Crippen LogP contribution in [0.15, 0.2) is 0 Å². The van der Waals surface area contributed by atoms with Gasteiger partial charge in [-0.2, -0.15) is 0 Å². The quantitative estimate of drug-likeness (QED) is 0.749. The van der Waals surface area contributed by atoms with Gasteiger partial charge in [-0.1, -0.05) is 26.1 Å². The minimum Gasteiger partial charge on any atom is -0.393 e. The van der Waals surface area contributed by atoms with E-state index in [1.807, 2.05) is 0 Å². The predicted molar refractivity (Wildman–Crippen MR) is 71.7 cm³/mol. The Kier molecular flexibility index (Phi) is 5.15. The van der Waals surface area contributed by atoms with E-state index in [1.165, 1.54) is 0 Å². The summed E-state index contributed by atoms with van der Waals surface area (Å²) in [5, 5.41) is 0. The molecular weight excluding hydrogens is 220 g/mol. The van der Waals surface area contributed by atoms with E-state index in [2.05, 4.69) is 25.7 Å². The summed E-state index contributed by atoms with van der Waals surface area (Å²) >= 11 is 5.07. The fourth-order valence-electron chi connectivity index (χ4n) is 1.94. The molecule has 94 valence electrons. The lowest BCUT2D eigenvalue weighted by molar-refractivity contribution is -0.00144. The third-order valence-corrected chi connectivity index (χ3v) is 3.97. The monoisotopic (exact) mass is 244 g/mol. The Morgan fingerprint density at radius 2 is 2.25 bits per heavy atom. The van der Waals surface area contributed by atoms with Gasteiger partial charge in [0, 0.05) is 18.0 Å². The molecule has 1 rings (SSSR count). The summed E-state index contributed by atoms with van der Waals surface area (Å²) in [5.41, 5.74) is 5.71. The van der Waals surface area contributed by atoms with Gasteiger partial charge < -0.3 is 10.5 Å². The van der Waals surface area contributed by atoms with E-state index < -0.39 is 0 Å². The maximum absolute atomic E-state index is 5.71. The molecule has 1 atom stereocenters. The zero-order valence-electron chi connectivity index (χ0n) is 10.7. The molecule has 16 heavy (non-hydrogen) atoms. The summed E-state index contributed by atoms with van der Waals surface area (Å²) in [6.07, 6.45) is 2.21. The second kappa shape index (κ2) is 5.94. The van der Waals surface area contributed by atoms with Crippen molar-refractivity contribution in [1.82, 2.24) is 4.90 Å². The van der Waals surface area contributed by atoms with Crippen LogP contribution in [0.25, 0.3) is 0 Å². The fraction of sp³-hybridized carbons (Fsp3) is 0.917. The van der Waals surface area contributed by atoms with Gasteiger partial charge in [-0.15, -0.1) is 0 Å². The molecule has 1 fully saturated rings. The van der Waals surface area contributed by atoms with E-state index in [9.17, 15) is 0 Å². The SMILES string of the molecule is CC1COCCN1CCCC(C)(C)C(N)=S. The van der Waals surface area contributed by atoms with Gasteiger partial charge in [0.2, 0.25) is 0 Å². The average molecular weight is 244 g/mol. The van der Waals surface area contributed by atoms with Crippen LogP contribution in [0.2, 0.25) is 0 Å². The number of morpholine rings is 1. The first-order valence-electron chi connectivity index (χ1n) is 6.05. The van der Waals surface area contributed by atoms with E-state index in [-0.39, 0.29) is 5.41 Å². The molecule has 0 saturated carbocycles. The largest absolute Gasteiger partial charge is 0.393 e. The maximum Gasteiger partial charge on any atom is 0.0784 e. The minimum absolute atomic E-state index is 0.00907. The van der Waals surface area contributed by atoms with Gasteiger partial charge in [-0.3, -0.25) is 4.90 Å². The molecule has 1 heterocycles. The Hall–Kier alpha value is -0.190. The van der Waals surface area contributed by atoms with Gasteiger partial charge in [0.05, 0.1) is 18.2 Å². The highest BCUT2D eigenvalue weighted by Gasteiger charge is 2.23. The highest BCUT2D eigenvalue weighted by molar-refractivity contribution is 7.80. The molecule has 1 unspecified atom stereocenters. The van der Waals surface area contributed by atoms with Crippen LogP contribution < -0.4 is 5.73 Å². The molecule has 1 aliphatic rings. The van der Waals surface area contributed by atoms with Gasteiger partial charge >= 0.3 is 0 Å². The first-order chi connectivity index (χ1) is 7.43. The molecule has 0 aromatic heterocycles. The molecule has 0 aliphatic carbocycles. The number of hydrogen-bond acceptors (Lipinski definition) is 3. The lowest BCUT2D eigenvalue weighted by atomic mass is 9.88. The molecule has 3 nitrogen and oxygen atoms in total. The number of ether oxygens (including phenoxy) is 1. The highest BCUT2D eigenvalue weighted by atomic mass is 32.1. The highest BCUT2D eigenvalue weighted by Crippen LogP contribution is 2.23. The molecule has 2 N–H and O–H groups in total. The first kappa shape index (κ1) is 13.9. The molecule has 0 aromatic rings. The van der Waals surface area contributed by atoms with Gasteiger partial charge in [-0.25, -0.2) is 0 Å². The molecule has 0 bridgehead atoms. The Balaban J connectivity index is 2.26. The van der Waals surface area contributed by atoms with Crippen molar-refractivity contribution in [3.63, 3.8) is 0 Å². The third kappa shape index (κ3) is 4.00. The third-order valence-electron chi connectivity index (χ3n) is 3.42. The van der Waals surface area contributed by atoms with Crippen LogP contribution in [0.3, 0.4) is 0 Å². The zero-order valence-corrected chi connectivity index (χ0v) is 11.5. The maximum atomic E-state index is 5.71. The summed E-state index contributed by atoms with van der Waals surface area (Å²) in [7, 11) is 0.